The topological polar surface area (TPSA) is 59.0 Å². The molecule has 1 rings (SSSR count). The predicted octanol–water partition coefficient (Wildman–Crippen LogP) is 1.12. The highest BCUT2D eigenvalue weighted by molar-refractivity contribution is 5.78. The number of aromatic nitrogens is 2. The number of rotatable bonds is 6. The Morgan fingerprint density at radius 1 is 1.50 bits per heavy atom. The summed E-state index contributed by atoms with van der Waals surface area (Å²) in [7, 11) is 1.90. The van der Waals surface area contributed by atoms with Crippen molar-refractivity contribution in [1.29, 1.82) is 0 Å². The molecule has 1 aromatic rings. The predicted molar refractivity (Wildman–Crippen MR) is 72.2 cm³/mol. The van der Waals surface area contributed by atoms with E-state index in [1.54, 1.807) is 4.68 Å². The van der Waals surface area contributed by atoms with Crippen molar-refractivity contribution in [3.8, 4) is 0 Å². The second-order valence-electron chi connectivity index (χ2n) is 5.30. The second-order valence-corrected chi connectivity index (χ2v) is 5.30. The van der Waals surface area contributed by atoms with Gasteiger partial charge in [0.2, 0.25) is 5.91 Å². The van der Waals surface area contributed by atoms with E-state index in [2.05, 4.69) is 22.7 Å². The fourth-order valence-electron chi connectivity index (χ4n) is 1.64. The van der Waals surface area contributed by atoms with Gasteiger partial charge in [-0.2, -0.15) is 5.10 Å². The molecule has 0 aliphatic rings. The van der Waals surface area contributed by atoms with Crippen molar-refractivity contribution in [2.24, 2.45) is 7.05 Å². The Bertz CT molecular complexity index is 409. The lowest BCUT2D eigenvalue weighted by Gasteiger charge is -2.24. The van der Waals surface area contributed by atoms with E-state index in [0.717, 1.165) is 17.7 Å². The first-order valence-electron chi connectivity index (χ1n) is 6.35. The summed E-state index contributed by atoms with van der Waals surface area (Å²) in [6, 6.07) is 0. The maximum absolute atomic E-state index is 11.7. The summed E-state index contributed by atoms with van der Waals surface area (Å²) in [4.78, 5) is 11.7. The van der Waals surface area contributed by atoms with Gasteiger partial charge in [-0.25, -0.2) is 0 Å². The lowest BCUT2D eigenvalue weighted by atomic mass is 10.0. The van der Waals surface area contributed by atoms with Crippen LogP contribution in [0.5, 0.6) is 0 Å². The second kappa shape index (κ2) is 6.00. The number of nitrogens with zero attached hydrogens (tertiary/aromatic N) is 2. The molecule has 1 heterocycles. The van der Waals surface area contributed by atoms with Gasteiger partial charge in [-0.1, -0.05) is 6.92 Å². The number of hydrogen-bond acceptors (Lipinski definition) is 3. The van der Waals surface area contributed by atoms with Crippen molar-refractivity contribution < 1.29 is 4.79 Å². The van der Waals surface area contributed by atoms with E-state index in [0.29, 0.717) is 13.1 Å². The molecule has 0 unspecified atom stereocenters. The molecule has 5 heteroatoms. The molecule has 102 valence electrons. The van der Waals surface area contributed by atoms with Crippen molar-refractivity contribution in [3.05, 3.63) is 17.5 Å². The summed E-state index contributed by atoms with van der Waals surface area (Å²) in [5.41, 5.74) is 1.99. The third kappa shape index (κ3) is 4.49. The zero-order valence-corrected chi connectivity index (χ0v) is 12.0. The molecule has 0 saturated heterocycles. The minimum atomic E-state index is -0.136. The zero-order valence-electron chi connectivity index (χ0n) is 12.0. The molecule has 18 heavy (non-hydrogen) atoms. The number of carbonyl (C=O) groups excluding carboxylic acids is 1. The summed E-state index contributed by atoms with van der Waals surface area (Å²) in [5.74, 6) is 0.0309. The normalized spacial score (nSPS) is 11.6. The molecular weight excluding hydrogens is 228 g/mol. The van der Waals surface area contributed by atoms with E-state index < -0.39 is 0 Å². The molecule has 5 nitrogen and oxygen atoms in total. The standard InChI is InChI=1S/C13H24N4O/c1-6-13(3,4)15-12(18)8-14-7-11-9-17(5)16-10(11)2/h9,14H,6-8H2,1-5H3,(H,15,18). The Balaban J connectivity index is 2.34. The van der Waals surface area contributed by atoms with Crippen LogP contribution in [0.15, 0.2) is 6.20 Å². The van der Waals surface area contributed by atoms with Gasteiger partial charge in [0.05, 0.1) is 12.2 Å². The Kier molecular flexibility index (Phi) is 4.90. The molecule has 0 atom stereocenters. The highest BCUT2D eigenvalue weighted by Crippen LogP contribution is 2.06. The van der Waals surface area contributed by atoms with E-state index in [4.69, 9.17) is 0 Å². The lowest BCUT2D eigenvalue weighted by Crippen LogP contribution is -2.46. The number of carbonyl (C=O) groups is 1. The molecule has 1 amide bonds. The highest BCUT2D eigenvalue weighted by atomic mass is 16.2. The molecule has 0 radical (unpaired) electrons. The van der Waals surface area contributed by atoms with Crippen molar-refractivity contribution in [3.63, 3.8) is 0 Å². The summed E-state index contributed by atoms with van der Waals surface area (Å²) >= 11 is 0. The molecule has 1 aromatic heterocycles. The van der Waals surface area contributed by atoms with E-state index >= 15 is 0 Å². The fourth-order valence-corrected chi connectivity index (χ4v) is 1.64. The van der Waals surface area contributed by atoms with Crippen LogP contribution < -0.4 is 10.6 Å². The maximum Gasteiger partial charge on any atom is 0.234 e. The van der Waals surface area contributed by atoms with Gasteiger partial charge in [0.1, 0.15) is 0 Å². The Hall–Kier alpha value is -1.36. The lowest BCUT2D eigenvalue weighted by molar-refractivity contribution is -0.121. The molecule has 0 saturated carbocycles. The van der Waals surface area contributed by atoms with E-state index in [1.807, 2.05) is 34.0 Å². The molecule has 0 bridgehead atoms. The first-order valence-corrected chi connectivity index (χ1v) is 6.35. The minimum absolute atomic E-state index is 0.0309. The quantitative estimate of drug-likeness (QED) is 0.797. The van der Waals surface area contributed by atoms with E-state index in [9.17, 15) is 4.79 Å². The van der Waals surface area contributed by atoms with Crippen LogP contribution in [0.1, 0.15) is 38.4 Å². The Morgan fingerprint density at radius 2 is 2.17 bits per heavy atom. The summed E-state index contributed by atoms with van der Waals surface area (Å²) < 4.78 is 1.78. The molecule has 0 aromatic carbocycles. The molecule has 0 spiro atoms. The first kappa shape index (κ1) is 14.7. The maximum atomic E-state index is 11.7. The molecule has 0 aliphatic heterocycles. The van der Waals surface area contributed by atoms with Gasteiger partial charge in [0.15, 0.2) is 0 Å². The van der Waals surface area contributed by atoms with Gasteiger partial charge in [0, 0.05) is 30.9 Å². The smallest absolute Gasteiger partial charge is 0.234 e. The Morgan fingerprint density at radius 3 is 2.67 bits per heavy atom. The van der Waals surface area contributed by atoms with Gasteiger partial charge < -0.3 is 10.6 Å². The van der Waals surface area contributed by atoms with Crippen molar-refractivity contribution in [1.82, 2.24) is 20.4 Å². The third-order valence-corrected chi connectivity index (χ3v) is 3.08. The summed E-state index contributed by atoms with van der Waals surface area (Å²) in [5, 5.41) is 10.4. The minimum Gasteiger partial charge on any atom is -0.350 e. The number of amides is 1. The molecule has 0 fully saturated rings. The van der Waals surface area contributed by atoms with Crippen LogP contribution in [0.4, 0.5) is 0 Å². The number of hydrogen-bond donors (Lipinski definition) is 2. The molecular formula is C13H24N4O. The molecule has 2 N–H and O–H groups in total. The van der Waals surface area contributed by atoms with Crippen LogP contribution in [0.25, 0.3) is 0 Å². The highest BCUT2D eigenvalue weighted by Gasteiger charge is 2.17. The van der Waals surface area contributed by atoms with Crippen molar-refractivity contribution in [2.45, 2.75) is 46.2 Å². The van der Waals surface area contributed by atoms with Gasteiger partial charge in [0.25, 0.3) is 0 Å². The number of nitrogens with one attached hydrogen (secondary N) is 2. The largest absolute Gasteiger partial charge is 0.350 e. The van der Waals surface area contributed by atoms with Crippen LogP contribution in [-0.4, -0.2) is 27.8 Å². The fraction of sp³-hybridized carbons (Fsp3) is 0.692. The van der Waals surface area contributed by atoms with Crippen LogP contribution in [0, 0.1) is 6.92 Å². The van der Waals surface area contributed by atoms with Gasteiger partial charge >= 0.3 is 0 Å². The van der Waals surface area contributed by atoms with Crippen molar-refractivity contribution >= 4 is 5.91 Å². The summed E-state index contributed by atoms with van der Waals surface area (Å²) in [6.07, 6.45) is 2.89. The average Bonchev–Trinajstić information content (AvgIpc) is 2.57. The first-order chi connectivity index (χ1) is 8.34. The van der Waals surface area contributed by atoms with Gasteiger partial charge in [-0.05, 0) is 27.2 Å². The molecule has 0 aliphatic carbocycles. The average molecular weight is 252 g/mol. The number of aryl methyl sites for hydroxylation is 2. The third-order valence-electron chi connectivity index (χ3n) is 3.08. The van der Waals surface area contributed by atoms with E-state index in [1.165, 1.54) is 0 Å². The SMILES string of the molecule is CCC(C)(C)NC(=O)CNCc1cn(C)nc1C. The van der Waals surface area contributed by atoms with Crippen LogP contribution in [-0.2, 0) is 18.4 Å². The summed E-state index contributed by atoms with van der Waals surface area (Å²) in [6.45, 7) is 9.08. The van der Waals surface area contributed by atoms with Gasteiger partial charge in [-0.3, -0.25) is 9.48 Å². The van der Waals surface area contributed by atoms with Crippen LogP contribution >= 0.6 is 0 Å². The van der Waals surface area contributed by atoms with Crippen LogP contribution in [0.2, 0.25) is 0 Å². The van der Waals surface area contributed by atoms with E-state index in [-0.39, 0.29) is 11.4 Å². The Labute approximate surface area is 109 Å². The van der Waals surface area contributed by atoms with Crippen molar-refractivity contribution in [2.75, 3.05) is 6.54 Å². The van der Waals surface area contributed by atoms with Gasteiger partial charge in [-0.15, -0.1) is 0 Å². The monoisotopic (exact) mass is 252 g/mol. The van der Waals surface area contributed by atoms with Crippen LogP contribution in [0.3, 0.4) is 0 Å². The zero-order chi connectivity index (χ0) is 13.8.